The summed E-state index contributed by atoms with van der Waals surface area (Å²) in [5.41, 5.74) is 2.99. The Bertz CT molecular complexity index is 1390. The van der Waals surface area contributed by atoms with Crippen LogP contribution in [0.1, 0.15) is 27.0 Å². The van der Waals surface area contributed by atoms with Crippen molar-refractivity contribution in [3.05, 3.63) is 131 Å². The highest BCUT2D eigenvalue weighted by atomic mass is 16.5. The predicted octanol–water partition coefficient (Wildman–Crippen LogP) is 6.03. The van der Waals surface area contributed by atoms with Crippen molar-refractivity contribution in [2.75, 3.05) is 0 Å². The first-order valence-corrected chi connectivity index (χ1v) is 11.2. The molecule has 5 heteroatoms. The SMILES string of the molecule is O=C1Oc2ccccc2C(=O)/C1=C/c1ccc(OCc2ccccc2)c(OCc2ccccc2)c1. The van der Waals surface area contributed by atoms with Crippen LogP contribution in [0.4, 0.5) is 0 Å². The minimum atomic E-state index is -0.676. The lowest BCUT2D eigenvalue weighted by atomic mass is 9.98. The highest BCUT2D eigenvalue weighted by molar-refractivity contribution is 6.30. The summed E-state index contributed by atoms with van der Waals surface area (Å²) in [6.07, 6.45) is 1.52. The van der Waals surface area contributed by atoms with Gasteiger partial charge in [0.15, 0.2) is 11.5 Å². The van der Waals surface area contributed by atoms with Gasteiger partial charge in [-0.2, -0.15) is 0 Å². The van der Waals surface area contributed by atoms with Gasteiger partial charge in [-0.15, -0.1) is 0 Å². The zero-order chi connectivity index (χ0) is 24.0. The molecule has 0 saturated carbocycles. The number of para-hydroxylation sites is 1. The second-order valence-electron chi connectivity index (χ2n) is 8.03. The molecule has 0 aromatic heterocycles. The van der Waals surface area contributed by atoms with Crippen LogP contribution in [0.25, 0.3) is 6.08 Å². The van der Waals surface area contributed by atoms with E-state index in [2.05, 4.69) is 0 Å². The normalized spacial score (nSPS) is 13.8. The van der Waals surface area contributed by atoms with Gasteiger partial charge in [0.05, 0.1) is 5.56 Å². The quantitative estimate of drug-likeness (QED) is 0.145. The monoisotopic (exact) mass is 462 g/mol. The number of benzene rings is 4. The van der Waals surface area contributed by atoms with Crippen LogP contribution >= 0.6 is 0 Å². The third-order valence-electron chi connectivity index (χ3n) is 5.55. The lowest BCUT2D eigenvalue weighted by Gasteiger charge is -2.17. The van der Waals surface area contributed by atoms with E-state index in [-0.39, 0.29) is 17.1 Å². The Hall–Kier alpha value is -4.64. The molecule has 4 aromatic carbocycles. The van der Waals surface area contributed by atoms with Crippen LogP contribution in [0.15, 0.2) is 109 Å². The lowest BCUT2D eigenvalue weighted by molar-refractivity contribution is -0.130. The maximum absolute atomic E-state index is 12.9. The summed E-state index contributed by atoms with van der Waals surface area (Å²) >= 11 is 0. The van der Waals surface area contributed by atoms with Crippen molar-refractivity contribution in [2.24, 2.45) is 0 Å². The zero-order valence-corrected chi connectivity index (χ0v) is 18.8. The Morgan fingerprint density at radius 2 is 1.26 bits per heavy atom. The molecule has 0 bridgehead atoms. The molecule has 172 valence electrons. The minimum absolute atomic E-state index is 0.0318. The van der Waals surface area contributed by atoms with E-state index in [0.717, 1.165) is 11.1 Å². The Balaban J connectivity index is 1.44. The maximum Gasteiger partial charge on any atom is 0.347 e. The summed E-state index contributed by atoms with van der Waals surface area (Å²) in [5, 5.41) is 0. The van der Waals surface area contributed by atoms with Crippen LogP contribution < -0.4 is 14.2 Å². The molecule has 0 saturated heterocycles. The van der Waals surface area contributed by atoms with Crippen LogP contribution in [-0.4, -0.2) is 11.8 Å². The lowest BCUT2D eigenvalue weighted by Crippen LogP contribution is -2.24. The number of hydrogen-bond acceptors (Lipinski definition) is 5. The number of fused-ring (bicyclic) bond motifs is 1. The van der Waals surface area contributed by atoms with Gasteiger partial charge in [0, 0.05) is 0 Å². The van der Waals surface area contributed by atoms with Gasteiger partial charge in [-0.1, -0.05) is 78.9 Å². The molecule has 0 spiro atoms. The predicted molar refractivity (Wildman–Crippen MR) is 132 cm³/mol. The first kappa shape index (κ1) is 22.2. The van der Waals surface area contributed by atoms with Gasteiger partial charge in [-0.25, -0.2) is 4.79 Å². The van der Waals surface area contributed by atoms with E-state index in [9.17, 15) is 9.59 Å². The van der Waals surface area contributed by atoms with Gasteiger partial charge in [0.25, 0.3) is 0 Å². The summed E-state index contributed by atoms with van der Waals surface area (Å²) in [4.78, 5) is 25.5. The molecule has 0 amide bonds. The summed E-state index contributed by atoms with van der Waals surface area (Å²) in [6.45, 7) is 0.724. The average Bonchev–Trinajstić information content (AvgIpc) is 2.90. The number of esters is 1. The van der Waals surface area contributed by atoms with E-state index in [1.54, 1.807) is 42.5 Å². The Morgan fingerprint density at radius 1 is 0.657 bits per heavy atom. The maximum atomic E-state index is 12.9. The summed E-state index contributed by atoms with van der Waals surface area (Å²) in [6, 6.07) is 31.7. The van der Waals surface area contributed by atoms with Crippen molar-refractivity contribution < 1.29 is 23.8 Å². The number of hydrogen-bond donors (Lipinski definition) is 0. The second kappa shape index (κ2) is 10.1. The van der Waals surface area contributed by atoms with Gasteiger partial charge in [0.2, 0.25) is 5.78 Å². The molecule has 4 aromatic rings. The van der Waals surface area contributed by atoms with E-state index in [1.807, 2.05) is 60.7 Å². The van der Waals surface area contributed by atoms with Gasteiger partial charge < -0.3 is 14.2 Å². The topological polar surface area (TPSA) is 61.8 Å². The van der Waals surface area contributed by atoms with Crippen molar-refractivity contribution in [1.82, 2.24) is 0 Å². The van der Waals surface area contributed by atoms with Crippen molar-refractivity contribution >= 4 is 17.8 Å². The van der Waals surface area contributed by atoms with Crippen molar-refractivity contribution in [1.29, 1.82) is 0 Å². The van der Waals surface area contributed by atoms with Gasteiger partial charge in [-0.05, 0) is 47.0 Å². The van der Waals surface area contributed by atoms with E-state index >= 15 is 0 Å². The Morgan fingerprint density at radius 3 is 1.94 bits per heavy atom. The summed E-state index contributed by atoms with van der Waals surface area (Å²) in [7, 11) is 0. The number of carbonyl (C=O) groups is 2. The molecule has 1 heterocycles. The smallest absolute Gasteiger partial charge is 0.347 e. The van der Waals surface area contributed by atoms with Crippen molar-refractivity contribution in [3.8, 4) is 17.2 Å². The van der Waals surface area contributed by atoms with Gasteiger partial charge in [-0.3, -0.25) is 4.79 Å². The van der Waals surface area contributed by atoms with E-state index in [1.165, 1.54) is 6.08 Å². The molecule has 1 aliphatic heterocycles. The van der Waals surface area contributed by atoms with Crippen molar-refractivity contribution in [2.45, 2.75) is 13.2 Å². The van der Waals surface area contributed by atoms with Crippen LogP contribution in [-0.2, 0) is 18.0 Å². The molecular formula is C30H22O5. The summed E-state index contributed by atoms with van der Waals surface area (Å²) in [5.74, 6) is 0.306. The standard InChI is InChI=1S/C30H22O5/c31-29-24-13-7-8-14-26(24)35-30(32)25(29)17-23-15-16-27(33-19-21-9-3-1-4-10-21)28(18-23)34-20-22-11-5-2-6-12-22/h1-18H,19-20H2/b25-17-. The fourth-order valence-corrected chi connectivity index (χ4v) is 3.74. The molecule has 5 rings (SSSR count). The van der Waals surface area contributed by atoms with Crippen LogP contribution in [0.2, 0.25) is 0 Å². The molecule has 35 heavy (non-hydrogen) atoms. The molecule has 0 atom stereocenters. The Kier molecular flexibility index (Phi) is 6.39. The molecule has 0 radical (unpaired) electrons. The Labute approximate surface area is 203 Å². The number of ketones is 1. The van der Waals surface area contributed by atoms with Crippen LogP contribution in [0.3, 0.4) is 0 Å². The highest BCUT2D eigenvalue weighted by Crippen LogP contribution is 2.33. The molecule has 0 unspecified atom stereocenters. The molecule has 0 N–H and O–H groups in total. The minimum Gasteiger partial charge on any atom is -0.485 e. The van der Waals surface area contributed by atoms with Gasteiger partial charge in [0.1, 0.15) is 24.5 Å². The number of ether oxygens (including phenoxy) is 3. The van der Waals surface area contributed by atoms with E-state index in [0.29, 0.717) is 35.8 Å². The largest absolute Gasteiger partial charge is 0.485 e. The molecule has 1 aliphatic rings. The fraction of sp³-hybridized carbons (Fsp3) is 0.0667. The molecule has 0 aliphatic carbocycles. The van der Waals surface area contributed by atoms with Crippen LogP contribution in [0, 0.1) is 0 Å². The fourth-order valence-electron chi connectivity index (χ4n) is 3.74. The number of Topliss-reactive ketones (excluding diaryl/α,β-unsaturated/α-hetero) is 1. The third kappa shape index (κ3) is 5.14. The van der Waals surface area contributed by atoms with E-state index in [4.69, 9.17) is 14.2 Å². The first-order chi connectivity index (χ1) is 17.2. The summed E-state index contributed by atoms with van der Waals surface area (Å²) < 4.78 is 17.5. The van der Waals surface area contributed by atoms with Crippen LogP contribution in [0.5, 0.6) is 17.2 Å². The van der Waals surface area contributed by atoms with Gasteiger partial charge >= 0.3 is 5.97 Å². The average molecular weight is 463 g/mol. The zero-order valence-electron chi connectivity index (χ0n) is 18.8. The van der Waals surface area contributed by atoms with Crippen molar-refractivity contribution in [3.63, 3.8) is 0 Å². The first-order valence-electron chi connectivity index (χ1n) is 11.2. The molecular weight excluding hydrogens is 440 g/mol. The molecule has 0 fully saturated rings. The highest BCUT2D eigenvalue weighted by Gasteiger charge is 2.30. The number of carbonyl (C=O) groups excluding carboxylic acids is 2. The number of rotatable bonds is 7. The van der Waals surface area contributed by atoms with E-state index < -0.39 is 5.97 Å². The third-order valence-corrected chi connectivity index (χ3v) is 5.55. The second-order valence-corrected chi connectivity index (χ2v) is 8.03. The molecule has 5 nitrogen and oxygen atoms in total.